The monoisotopic (exact) mass is 389 g/mol. The highest BCUT2D eigenvalue weighted by Gasteiger charge is 2.25. The summed E-state index contributed by atoms with van der Waals surface area (Å²) < 4.78 is 12.9. The van der Waals surface area contributed by atoms with Gasteiger partial charge < -0.3 is 14.8 Å². The highest BCUT2D eigenvalue weighted by molar-refractivity contribution is 6.30. The zero-order valence-corrected chi connectivity index (χ0v) is 16.0. The van der Waals surface area contributed by atoms with Gasteiger partial charge in [-0.25, -0.2) is 4.68 Å². The highest BCUT2D eigenvalue weighted by Crippen LogP contribution is 2.27. The van der Waals surface area contributed by atoms with Gasteiger partial charge in [0.2, 0.25) is 0 Å². The van der Waals surface area contributed by atoms with Gasteiger partial charge in [-0.15, -0.1) is 0 Å². The molecule has 4 rings (SSSR count). The molecule has 1 saturated heterocycles. The summed E-state index contributed by atoms with van der Waals surface area (Å²) in [6.07, 6.45) is 5.08. The number of rotatable bonds is 4. The zero-order valence-electron chi connectivity index (χ0n) is 15.2. The Bertz CT molecular complexity index is 798. The molecule has 1 aromatic heterocycles. The molecule has 2 aromatic rings. The second-order valence-electron chi connectivity index (χ2n) is 7.00. The van der Waals surface area contributed by atoms with Crippen molar-refractivity contribution >= 4 is 17.5 Å². The number of carbonyl (C=O) groups is 1. The van der Waals surface area contributed by atoms with Crippen LogP contribution in [-0.4, -0.2) is 48.2 Å². The molecule has 1 unspecified atom stereocenters. The molecule has 0 spiro atoms. The summed E-state index contributed by atoms with van der Waals surface area (Å²) in [5.41, 5.74) is 3.66. The van der Waals surface area contributed by atoms with E-state index in [1.54, 1.807) is 0 Å². The third-order valence-electron chi connectivity index (χ3n) is 5.09. The predicted octanol–water partition coefficient (Wildman–Crippen LogP) is 2.94. The van der Waals surface area contributed by atoms with Gasteiger partial charge in [-0.1, -0.05) is 18.0 Å². The first-order valence-electron chi connectivity index (χ1n) is 9.56. The van der Waals surface area contributed by atoms with Crippen LogP contribution in [0.15, 0.2) is 24.3 Å². The second-order valence-corrected chi connectivity index (χ2v) is 7.44. The van der Waals surface area contributed by atoms with E-state index >= 15 is 0 Å². The lowest BCUT2D eigenvalue weighted by atomic mass is 10.1. The molecular formula is C20H24ClN3O3. The van der Waals surface area contributed by atoms with E-state index in [9.17, 15) is 4.79 Å². The maximum absolute atomic E-state index is 12.9. The van der Waals surface area contributed by atoms with Crippen LogP contribution in [0.2, 0.25) is 5.02 Å². The van der Waals surface area contributed by atoms with Gasteiger partial charge in [-0.05, 0) is 49.9 Å². The molecule has 1 aliphatic carbocycles. The number of hydrogen-bond acceptors (Lipinski definition) is 4. The van der Waals surface area contributed by atoms with Crippen LogP contribution in [0, 0.1) is 0 Å². The molecule has 6 nitrogen and oxygen atoms in total. The average molecular weight is 390 g/mol. The van der Waals surface area contributed by atoms with Crippen LogP contribution in [-0.2, 0) is 22.3 Å². The molecule has 1 fully saturated rings. The largest absolute Gasteiger partial charge is 0.376 e. The van der Waals surface area contributed by atoms with Gasteiger partial charge in [0.05, 0.1) is 31.6 Å². The molecule has 0 bridgehead atoms. The van der Waals surface area contributed by atoms with Gasteiger partial charge >= 0.3 is 0 Å². The summed E-state index contributed by atoms with van der Waals surface area (Å²) in [6, 6.07) is 7.58. The molecule has 7 heteroatoms. The van der Waals surface area contributed by atoms with Crippen molar-refractivity contribution in [3.05, 3.63) is 46.2 Å². The van der Waals surface area contributed by atoms with Gasteiger partial charge in [0.1, 0.15) is 0 Å². The van der Waals surface area contributed by atoms with E-state index in [1.807, 2.05) is 28.9 Å². The molecule has 1 amide bonds. The van der Waals surface area contributed by atoms with Crippen molar-refractivity contribution in [2.45, 2.75) is 38.2 Å². The number of nitrogens with zero attached hydrogens (tertiary/aromatic N) is 2. The lowest BCUT2D eigenvalue weighted by Crippen LogP contribution is -2.40. The Morgan fingerprint density at radius 2 is 2.00 bits per heavy atom. The van der Waals surface area contributed by atoms with Crippen molar-refractivity contribution in [1.29, 1.82) is 0 Å². The molecule has 0 radical (unpaired) electrons. The lowest BCUT2D eigenvalue weighted by molar-refractivity contribution is -0.0855. The molecule has 1 N–H and O–H groups in total. The van der Waals surface area contributed by atoms with E-state index < -0.39 is 0 Å². The highest BCUT2D eigenvalue weighted by atomic mass is 35.5. The number of aromatic nitrogens is 2. The second kappa shape index (κ2) is 8.42. The average Bonchev–Trinajstić information content (AvgIpc) is 2.89. The molecule has 0 saturated carbocycles. The third kappa shape index (κ3) is 4.18. The number of nitrogens with one attached hydrogen (secondary N) is 1. The Balaban J connectivity index is 1.59. The molecule has 2 aliphatic rings. The van der Waals surface area contributed by atoms with Crippen molar-refractivity contribution < 1.29 is 14.3 Å². The van der Waals surface area contributed by atoms with E-state index in [0.29, 0.717) is 37.1 Å². The Morgan fingerprint density at radius 1 is 1.19 bits per heavy atom. The molecule has 1 atom stereocenters. The summed E-state index contributed by atoms with van der Waals surface area (Å²) in [6.45, 7) is 2.13. The standard InChI is InChI=1S/C20H24ClN3O3/c21-14-6-8-15(9-7-14)24-18-5-3-1-2-4-17(18)19(23-24)20(25)22-12-16-13-26-10-11-27-16/h6-9,16H,1-5,10-13H2,(H,22,25). The SMILES string of the molecule is O=C(NCC1COCCO1)c1nn(-c2ccc(Cl)cc2)c2c1CCCCC2. The van der Waals surface area contributed by atoms with Crippen LogP contribution in [0.5, 0.6) is 0 Å². The van der Waals surface area contributed by atoms with Gasteiger partial charge in [0.15, 0.2) is 5.69 Å². The topological polar surface area (TPSA) is 65.4 Å². The van der Waals surface area contributed by atoms with Crippen LogP contribution in [0.3, 0.4) is 0 Å². The fraction of sp³-hybridized carbons (Fsp3) is 0.500. The normalized spacial score (nSPS) is 20.0. The number of benzene rings is 1. The molecule has 2 heterocycles. The summed E-state index contributed by atoms with van der Waals surface area (Å²) in [4.78, 5) is 12.9. The van der Waals surface area contributed by atoms with Crippen LogP contribution in [0.1, 0.15) is 41.0 Å². The van der Waals surface area contributed by atoms with Crippen LogP contribution >= 0.6 is 11.6 Å². The van der Waals surface area contributed by atoms with Crippen LogP contribution in [0.4, 0.5) is 0 Å². The summed E-state index contributed by atoms with van der Waals surface area (Å²) in [5.74, 6) is -0.143. The molecule has 27 heavy (non-hydrogen) atoms. The van der Waals surface area contributed by atoms with Crippen LogP contribution < -0.4 is 5.32 Å². The number of amides is 1. The minimum Gasteiger partial charge on any atom is -0.376 e. The van der Waals surface area contributed by atoms with E-state index in [2.05, 4.69) is 10.4 Å². The minimum absolute atomic E-state index is 0.0975. The Morgan fingerprint density at radius 3 is 2.78 bits per heavy atom. The molecule has 1 aromatic carbocycles. The van der Waals surface area contributed by atoms with Crippen molar-refractivity contribution in [2.75, 3.05) is 26.4 Å². The first-order chi connectivity index (χ1) is 13.2. The van der Waals surface area contributed by atoms with Crippen molar-refractivity contribution in [1.82, 2.24) is 15.1 Å². The van der Waals surface area contributed by atoms with Gasteiger partial charge in [0.25, 0.3) is 5.91 Å². The third-order valence-corrected chi connectivity index (χ3v) is 5.34. The first-order valence-corrected chi connectivity index (χ1v) is 9.94. The van der Waals surface area contributed by atoms with Crippen molar-refractivity contribution in [2.24, 2.45) is 0 Å². The van der Waals surface area contributed by atoms with E-state index in [0.717, 1.165) is 42.6 Å². The fourth-order valence-corrected chi connectivity index (χ4v) is 3.82. The maximum Gasteiger partial charge on any atom is 0.272 e. The van der Waals surface area contributed by atoms with Gasteiger partial charge in [-0.2, -0.15) is 5.10 Å². The minimum atomic E-state index is -0.143. The number of carbonyl (C=O) groups excluding carboxylic acids is 1. The van der Waals surface area contributed by atoms with E-state index in [-0.39, 0.29) is 12.0 Å². The molecular weight excluding hydrogens is 366 g/mol. The Hall–Kier alpha value is -1.89. The first kappa shape index (κ1) is 18.5. The quantitative estimate of drug-likeness (QED) is 0.816. The summed E-state index contributed by atoms with van der Waals surface area (Å²) >= 11 is 6.02. The Kier molecular flexibility index (Phi) is 5.76. The number of halogens is 1. The fourth-order valence-electron chi connectivity index (χ4n) is 3.70. The smallest absolute Gasteiger partial charge is 0.272 e. The van der Waals surface area contributed by atoms with Gasteiger partial charge in [-0.3, -0.25) is 4.79 Å². The van der Waals surface area contributed by atoms with Crippen molar-refractivity contribution in [3.63, 3.8) is 0 Å². The number of ether oxygens (including phenoxy) is 2. The van der Waals surface area contributed by atoms with Crippen LogP contribution in [0.25, 0.3) is 5.69 Å². The Labute approximate surface area is 163 Å². The van der Waals surface area contributed by atoms with Gasteiger partial charge in [0, 0.05) is 22.8 Å². The number of fused-ring (bicyclic) bond motifs is 1. The predicted molar refractivity (Wildman–Crippen MR) is 103 cm³/mol. The maximum atomic E-state index is 12.9. The molecule has 144 valence electrons. The van der Waals surface area contributed by atoms with E-state index in [4.69, 9.17) is 21.1 Å². The number of hydrogen-bond donors (Lipinski definition) is 1. The summed E-state index contributed by atoms with van der Waals surface area (Å²) in [5, 5.41) is 8.34. The summed E-state index contributed by atoms with van der Waals surface area (Å²) in [7, 11) is 0. The molecule has 1 aliphatic heterocycles. The van der Waals surface area contributed by atoms with Crippen molar-refractivity contribution in [3.8, 4) is 5.69 Å². The van der Waals surface area contributed by atoms with E-state index in [1.165, 1.54) is 6.42 Å². The zero-order chi connectivity index (χ0) is 18.6. The lowest BCUT2D eigenvalue weighted by Gasteiger charge is -2.22.